The fourth-order valence-electron chi connectivity index (χ4n) is 2.04. The molecule has 0 bridgehead atoms. The summed E-state index contributed by atoms with van der Waals surface area (Å²) in [5.41, 5.74) is 0.793. The summed E-state index contributed by atoms with van der Waals surface area (Å²) >= 11 is 12.0. The lowest BCUT2D eigenvalue weighted by Gasteiger charge is -2.17. The molecule has 0 N–H and O–H groups in total. The normalized spacial score (nSPS) is 17.4. The lowest BCUT2D eigenvalue weighted by molar-refractivity contribution is 0.461. The summed E-state index contributed by atoms with van der Waals surface area (Å²) in [6.07, 6.45) is 5.08. The molecule has 1 aromatic rings. The first kappa shape index (κ1) is 13.4. The number of halogens is 2. The fourth-order valence-corrected chi connectivity index (χ4v) is 2.49. The maximum absolute atomic E-state index is 6.13. The molecule has 0 aromatic heterocycles. The molecule has 1 aliphatic heterocycles. The standard InChI is InChI=1S/C14H16Cl2N2/c1-2-3-8-18-9-4-5-14(18)17-13-7-6-11(15)10-12(13)16/h2,6-7,10H,1,3-5,8-9H2. The van der Waals surface area contributed by atoms with E-state index in [0.717, 1.165) is 43.9 Å². The smallest absolute Gasteiger partial charge is 0.105 e. The van der Waals surface area contributed by atoms with Crippen molar-refractivity contribution in [2.24, 2.45) is 4.99 Å². The highest BCUT2D eigenvalue weighted by atomic mass is 35.5. The molecule has 0 unspecified atom stereocenters. The number of hydrogen-bond acceptors (Lipinski definition) is 1. The number of hydrogen-bond donors (Lipinski definition) is 0. The molecule has 1 aliphatic rings. The molecule has 96 valence electrons. The van der Waals surface area contributed by atoms with Crippen LogP contribution in [-0.2, 0) is 0 Å². The first-order valence-corrected chi connectivity index (χ1v) is 6.85. The van der Waals surface area contributed by atoms with Crippen LogP contribution in [0.5, 0.6) is 0 Å². The predicted molar refractivity (Wildman–Crippen MR) is 79.2 cm³/mol. The Bertz CT molecular complexity index is 469. The van der Waals surface area contributed by atoms with E-state index in [4.69, 9.17) is 23.2 Å². The second-order valence-corrected chi connectivity index (χ2v) is 5.14. The maximum atomic E-state index is 6.13. The van der Waals surface area contributed by atoms with Gasteiger partial charge in [0.1, 0.15) is 5.84 Å². The molecule has 1 saturated heterocycles. The van der Waals surface area contributed by atoms with Gasteiger partial charge in [0.05, 0.1) is 10.7 Å². The summed E-state index contributed by atoms with van der Waals surface area (Å²) in [6, 6.07) is 5.41. The van der Waals surface area contributed by atoms with Gasteiger partial charge in [0.15, 0.2) is 0 Å². The third-order valence-corrected chi connectivity index (χ3v) is 3.49. The highest BCUT2D eigenvalue weighted by molar-refractivity contribution is 6.36. The van der Waals surface area contributed by atoms with Gasteiger partial charge >= 0.3 is 0 Å². The van der Waals surface area contributed by atoms with Crippen LogP contribution in [0.1, 0.15) is 19.3 Å². The molecular weight excluding hydrogens is 267 g/mol. The van der Waals surface area contributed by atoms with E-state index in [0.29, 0.717) is 10.0 Å². The Morgan fingerprint density at radius 3 is 2.94 bits per heavy atom. The monoisotopic (exact) mass is 282 g/mol. The van der Waals surface area contributed by atoms with Crippen molar-refractivity contribution in [3.05, 3.63) is 40.9 Å². The van der Waals surface area contributed by atoms with E-state index in [1.165, 1.54) is 0 Å². The molecule has 4 heteroatoms. The van der Waals surface area contributed by atoms with Crippen molar-refractivity contribution in [2.45, 2.75) is 19.3 Å². The zero-order chi connectivity index (χ0) is 13.0. The van der Waals surface area contributed by atoms with Crippen LogP contribution in [0.4, 0.5) is 5.69 Å². The van der Waals surface area contributed by atoms with Gasteiger partial charge in [0.2, 0.25) is 0 Å². The molecule has 0 amide bonds. The van der Waals surface area contributed by atoms with Crippen LogP contribution in [0.15, 0.2) is 35.8 Å². The van der Waals surface area contributed by atoms with Crippen LogP contribution < -0.4 is 0 Å². The molecule has 2 nitrogen and oxygen atoms in total. The summed E-state index contributed by atoms with van der Waals surface area (Å²) < 4.78 is 0. The Balaban J connectivity index is 2.18. The molecule has 0 spiro atoms. The molecule has 0 radical (unpaired) electrons. The zero-order valence-corrected chi connectivity index (χ0v) is 11.7. The Morgan fingerprint density at radius 2 is 2.22 bits per heavy atom. The minimum Gasteiger partial charge on any atom is -0.360 e. The van der Waals surface area contributed by atoms with E-state index in [-0.39, 0.29) is 0 Å². The molecule has 0 atom stereocenters. The highest BCUT2D eigenvalue weighted by Crippen LogP contribution is 2.29. The highest BCUT2D eigenvalue weighted by Gasteiger charge is 2.17. The van der Waals surface area contributed by atoms with Crippen molar-refractivity contribution in [2.75, 3.05) is 13.1 Å². The van der Waals surface area contributed by atoms with Crippen LogP contribution in [-0.4, -0.2) is 23.8 Å². The first-order valence-electron chi connectivity index (χ1n) is 6.09. The van der Waals surface area contributed by atoms with Gasteiger partial charge in [-0.3, -0.25) is 0 Å². The number of aliphatic imine (C=N–C) groups is 1. The topological polar surface area (TPSA) is 15.6 Å². The molecule has 18 heavy (non-hydrogen) atoms. The second kappa shape index (κ2) is 6.26. The summed E-state index contributed by atoms with van der Waals surface area (Å²) in [5, 5.41) is 1.24. The fraction of sp³-hybridized carbons (Fsp3) is 0.357. The number of benzene rings is 1. The SMILES string of the molecule is C=CCCN1CCCC1=Nc1ccc(Cl)cc1Cl. The summed E-state index contributed by atoms with van der Waals surface area (Å²) in [4.78, 5) is 6.95. The average molecular weight is 283 g/mol. The predicted octanol–water partition coefficient (Wildman–Crippen LogP) is 4.70. The Kier molecular flexibility index (Phi) is 4.67. The number of rotatable bonds is 4. The van der Waals surface area contributed by atoms with E-state index >= 15 is 0 Å². The molecule has 0 saturated carbocycles. The van der Waals surface area contributed by atoms with Crippen LogP contribution in [0.3, 0.4) is 0 Å². The summed E-state index contributed by atoms with van der Waals surface area (Å²) in [6.45, 7) is 5.80. The lowest BCUT2D eigenvalue weighted by Crippen LogP contribution is -2.25. The van der Waals surface area contributed by atoms with E-state index < -0.39 is 0 Å². The Hall–Kier alpha value is -0.990. The molecule has 1 aromatic carbocycles. The lowest BCUT2D eigenvalue weighted by atomic mass is 10.3. The van der Waals surface area contributed by atoms with Crippen LogP contribution in [0.2, 0.25) is 10.0 Å². The van der Waals surface area contributed by atoms with E-state index in [9.17, 15) is 0 Å². The van der Waals surface area contributed by atoms with E-state index in [2.05, 4.69) is 16.5 Å². The number of nitrogens with zero attached hydrogens (tertiary/aromatic N) is 2. The first-order chi connectivity index (χ1) is 8.70. The quantitative estimate of drug-likeness (QED) is 0.731. The van der Waals surface area contributed by atoms with E-state index in [1.54, 1.807) is 6.07 Å². The minimum absolute atomic E-state index is 0.602. The second-order valence-electron chi connectivity index (χ2n) is 4.29. The van der Waals surface area contributed by atoms with Crippen LogP contribution >= 0.6 is 23.2 Å². The van der Waals surface area contributed by atoms with Crippen molar-refractivity contribution in [1.82, 2.24) is 4.90 Å². The van der Waals surface area contributed by atoms with Crippen molar-refractivity contribution in [1.29, 1.82) is 0 Å². The number of likely N-dealkylation sites (tertiary alicyclic amines) is 1. The molecular formula is C14H16Cl2N2. The van der Waals surface area contributed by atoms with E-state index in [1.807, 2.05) is 18.2 Å². The van der Waals surface area contributed by atoms with Gasteiger partial charge in [-0.2, -0.15) is 0 Å². The number of amidine groups is 1. The van der Waals surface area contributed by atoms with Gasteiger partial charge in [-0.25, -0.2) is 4.99 Å². The largest absolute Gasteiger partial charge is 0.360 e. The van der Waals surface area contributed by atoms with Crippen LogP contribution in [0.25, 0.3) is 0 Å². The van der Waals surface area contributed by atoms with Gasteiger partial charge in [-0.1, -0.05) is 29.3 Å². The zero-order valence-electron chi connectivity index (χ0n) is 10.2. The molecule has 0 aliphatic carbocycles. The van der Waals surface area contributed by atoms with Crippen molar-refractivity contribution in [3.8, 4) is 0 Å². The summed E-state index contributed by atoms with van der Waals surface area (Å²) in [5.74, 6) is 1.11. The Labute approximate surface area is 118 Å². The third-order valence-electron chi connectivity index (χ3n) is 2.96. The average Bonchev–Trinajstić information content (AvgIpc) is 2.77. The van der Waals surface area contributed by atoms with Gasteiger partial charge in [0, 0.05) is 24.5 Å². The summed E-state index contributed by atoms with van der Waals surface area (Å²) in [7, 11) is 0. The van der Waals surface area contributed by atoms with Gasteiger partial charge in [0.25, 0.3) is 0 Å². The van der Waals surface area contributed by atoms with Crippen molar-refractivity contribution in [3.63, 3.8) is 0 Å². The van der Waals surface area contributed by atoms with Gasteiger partial charge in [-0.15, -0.1) is 6.58 Å². The molecule has 2 rings (SSSR count). The van der Waals surface area contributed by atoms with Crippen molar-refractivity contribution < 1.29 is 0 Å². The third kappa shape index (κ3) is 3.27. The maximum Gasteiger partial charge on any atom is 0.105 e. The molecule has 1 heterocycles. The van der Waals surface area contributed by atoms with Gasteiger partial charge < -0.3 is 4.90 Å². The van der Waals surface area contributed by atoms with Crippen molar-refractivity contribution >= 4 is 34.7 Å². The Morgan fingerprint density at radius 1 is 1.39 bits per heavy atom. The van der Waals surface area contributed by atoms with Crippen LogP contribution in [0, 0.1) is 0 Å². The van der Waals surface area contributed by atoms with Gasteiger partial charge in [-0.05, 0) is 31.0 Å². The molecule has 1 fully saturated rings. The minimum atomic E-state index is 0.602.